The Hall–Kier alpha value is -2.71. The van der Waals surface area contributed by atoms with Crippen molar-refractivity contribution in [2.75, 3.05) is 25.6 Å². The van der Waals surface area contributed by atoms with E-state index < -0.39 is 5.82 Å². The van der Waals surface area contributed by atoms with Crippen molar-refractivity contribution in [3.63, 3.8) is 0 Å². The first kappa shape index (κ1) is 18.1. The zero-order valence-corrected chi connectivity index (χ0v) is 14.8. The summed E-state index contributed by atoms with van der Waals surface area (Å²) < 4.78 is 19.9. The van der Waals surface area contributed by atoms with Gasteiger partial charge in [-0.15, -0.1) is 0 Å². The molecule has 0 aliphatic heterocycles. The summed E-state index contributed by atoms with van der Waals surface area (Å²) in [6.45, 7) is 0.892. The smallest absolute Gasteiger partial charge is 0.322 e. The summed E-state index contributed by atoms with van der Waals surface area (Å²) in [5.74, 6) is -0.427. The minimum absolute atomic E-state index is 0.209. The molecule has 0 atom stereocenters. The Morgan fingerprint density at radius 1 is 1.46 bits per heavy atom. The fraction of sp³-hybridized carbons (Fsp3) is 0.235. The standard InChI is InChI=1S/C17H17ClFN5O2/c1-26-8-7-23(11-12-3-4-13(19)9-14(12)18)17(25)22-15-10-21-24-6-2-5-20-16(15)24/h2-6,9-10H,7-8,11H2,1H3,(H,22,25). The number of anilines is 1. The van der Waals surface area contributed by atoms with Crippen molar-refractivity contribution in [1.29, 1.82) is 0 Å². The number of amides is 2. The molecule has 7 nitrogen and oxygen atoms in total. The summed E-state index contributed by atoms with van der Waals surface area (Å²) in [5, 5.41) is 7.19. The van der Waals surface area contributed by atoms with Crippen molar-refractivity contribution >= 4 is 29.0 Å². The van der Waals surface area contributed by atoms with Crippen molar-refractivity contribution in [2.45, 2.75) is 6.54 Å². The number of nitrogens with one attached hydrogen (secondary N) is 1. The number of hydrogen-bond acceptors (Lipinski definition) is 4. The number of methoxy groups -OCH3 is 1. The quantitative estimate of drug-likeness (QED) is 0.716. The maximum atomic E-state index is 13.2. The number of carbonyl (C=O) groups excluding carboxylic acids is 1. The van der Waals surface area contributed by atoms with Gasteiger partial charge in [-0.05, 0) is 23.8 Å². The highest BCUT2D eigenvalue weighted by molar-refractivity contribution is 6.31. The number of hydrogen-bond donors (Lipinski definition) is 1. The molecule has 0 saturated carbocycles. The summed E-state index contributed by atoms with van der Waals surface area (Å²) in [4.78, 5) is 18.4. The van der Waals surface area contributed by atoms with Crippen molar-refractivity contribution in [1.82, 2.24) is 19.5 Å². The molecule has 0 radical (unpaired) electrons. The molecule has 2 amide bonds. The van der Waals surface area contributed by atoms with Crippen LogP contribution in [0.1, 0.15) is 5.56 Å². The Kier molecular flexibility index (Phi) is 5.65. The van der Waals surface area contributed by atoms with Gasteiger partial charge in [-0.1, -0.05) is 17.7 Å². The molecule has 0 bridgehead atoms. The maximum Gasteiger partial charge on any atom is 0.322 e. The lowest BCUT2D eigenvalue weighted by Gasteiger charge is -2.23. The second-order valence-electron chi connectivity index (χ2n) is 5.53. The summed E-state index contributed by atoms with van der Waals surface area (Å²) in [6.07, 6.45) is 4.88. The number of benzene rings is 1. The van der Waals surface area contributed by atoms with Crippen LogP contribution in [-0.4, -0.2) is 45.8 Å². The van der Waals surface area contributed by atoms with Gasteiger partial charge in [-0.2, -0.15) is 5.10 Å². The average Bonchev–Trinajstić information content (AvgIpc) is 3.03. The van der Waals surface area contributed by atoms with E-state index in [1.54, 1.807) is 36.2 Å². The number of carbonyl (C=O) groups is 1. The number of nitrogens with zero attached hydrogens (tertiary/aromatic N) is 4. The van der Waals surface area contributed by atoms with Gasteiger partial charge in [0.2, 0.25) is 0 Å². The van der Waals surface area contributed by atoms with Crippen LogP contribution in [0.2, 0.25) is 5.02 Å². The van der Waals surface area contributed by atoms with E-state index in [9.17, 15) is 9.18 Å². The molecule has 0 fully saturated rings. The lowest BCUT2D eigenvalue weighted by Crippen LogP contribution is -2.37. The minimum Gasteiger partial charge on any atom is -0.383 e. The van der Waals surface area contributed by atoms with Crippen LogP contribution in [0.5, 0.6) is 0 Å². The van der Waals surface area contributed by atoms with Crippen molar-refractivity contribution < 1.29 is 13.9 Å². The monoisotopic (exact) mass is 377 g/mol. The molecule has 2 heterocycles. The number of halogens is 2. The molecule has 1 aromatic carbocycles. The van der Waals surface area contributed by atoms with Crippen LogP contribution >= 0.6 is 11.6 Å². The highest BCUT2D eigenvalue weighted by Gasteiger charge is 2.18. The summed E-state index contributed by atoms with van der Waals surface area (Å²) in [5.41, 5.74) is 1.66. The van der Waals surface area contributed by atoms with Crippen LogP contribution in [-0.2, 0) is 11.3 Å². The Morgan fingerprint density at radius 3 is 3.08 bits per heavy atom. The Morgan fingerprint density at radius 2 is 2.31 bits per heavy atom. The van der Waals surface area contributed by atoms with Gasteiger partial charge >= 0.3 is 6.03 Å². The molecule has 0 unspecified atom stereocenters. The third-order valence-electron chi connectivity index (χ3n) is 3.75. The SMILES string of the molecule is COCCN(Cc1ccc(F)cc1Cl)C(=O)Nc1cnn2cccnc12. The fourth-order valence-corrected chi connectivity index (χ4v) is 2.65. The first-order chi connectivity index (χ1) is 12.6. The average molecular weight is 378 g/mol. The van der Waals surface area contributed by atoms with Gasteiger partial charge in [0.15, 0.2) is 5.65 Å². The number of aromatic nitrogens is 3. The number of fused-ring (bicyclic) bond motifs is 1. The van der Waals surface area contributed by atoms with E-state index in [-0.39, 0.29) is 17.6 Å². The second-order valence-corrected chi connectivity index (χ2v) is 5.93. The molecule has 9 heteroatoms. The Labute approximate surface area is 154 Å². The Bertz CT molecular complexity index is 917. The van der Waals surface area contributed by atoms with Crippen LogP contribution < -0.4 is 5.32 Å². The summed E-state index contributed by atoms with van der Waals surface area (Å²) >= 11 is 6.08. The lowest BCUT2D eigenvalue weighted by molar-refractivity contribution is 0.153. The first-order valence-electron chi connectivity index (χ1n) is 7.85. The van der Waals surface area contributed by atoms with E-state index in [0.717, 1.165) is 0 Å². The molecule has 26 heavy (non-hydrogen) atoms. The number of urea groups is 1. The van der Waals surface area contributed by atoms with Crippen molar-refractivity contribution in [2.24, 2.45) is 0 Å². The molecule has 0 spiro atoms. The van der Waals surface area contributed by atoms with E-state index in [0.29, 0.717) is 30.0 Å². The van der Waals surface area contributed by atoms with Crippen LogP contribution in [0.15, 0.2) is 42.9 Å². The van der Waals surface area contributed by atoms with Gasteiger partial charge in [0.1, 0.15) is 11.5 Å². The molecule has 0 aliphatic carbocycles. The summed E-state index contributed by atoms with van der Waals surface area (Å²) in [7, 11) is 1.55. The highest BCUT2D eigenvalue weighted by Crippen LogP contribution is 2.20. The third-order valence-corrected chi connectivity index (χ3v) is 4.10. The normalized spacial score (nSPS) is 10.9. The van der Waals surface area contributed by atoms with Gasteiger partial charge in [-0.3, -0.25) is 0 Å². The van der Waals surface area contributed by atoms with Crippen LogP contribution in [0, 0.1) is 5.82 Å². The van der Waals surface area contributed by atoms with E-state index in [1.165, 1.54) is 23.2 Å². The van der Waals surface area contributed by atoms with E-state index in [1.807, 2.05) is 0 Å². The Balaban J connectivity index is 1.78. The molecule has 3 rings (SSSR count). The largest absolute Gasteiger partial charge is 0.383 e. The first-order valence-corrected chi connectivity index (χ1v) is 8.23. The van der Waals surface area contributed by atoms with Gasteiger partial charge in [0.25, 0.3) is 0 Å². The van der Waals surface area contributed by atoms with Crippen LogP contribution in [0.3, 0.4) is 0 Å². The molecule has 136 valence electrons. The zero-order chi connectivity index (χ0) is 18.5. The van der Waals surface area contributed by atoms with Gasteiger partial charge in [0.05, 0.1) is 12.8 Å². The molecule has 1 N–H and O–H groups in total. The molecule has 2 aromatic heterocycles. The van der Waals surface area contributed by atoms with Crippen molar-refractivity contribution in [3.05, 3.63) is 59.3 Å². The van der Waals surface area contributed by atoms with Crippen molar-refractivity contribution in [3.8, 4) is 0 Å². The van der Waals surface area contributed by atoms with E-state index >= 15 is 0 Å². The zero-order valence-electron chi connectivity index (χ0n) is 14.0. The predicted octanol–water partition coefficient (Wildman–Crippen LogP) is 3.20. The van der Waals surface area contributed by atoms with Crippen LogP contribution in [0.4, 0.5) is 14.9 Å². The third kappa shape index (κ3) is 4.09. The summed E-state index contributed by atoms with van der Waals surface area (Å²) in [6, 6.07) is 5.47. The maximum absolute atomic E-state index is 13.2. The second kappa shape index (κ2) is 8.11. The number of ether oxygens (including phenoxy) is 1. The van der Waals surface area contributed by atoms with E-state index in [4.69, 9.17) is 16.3 Å². The molecule has 0 aliphatic rings. The van der Waals surface area contributed by atoms with Gasteiger partial charge < -0.3 is 15.0 Å². The van der Waals surface area contributed by atoms with Gasteiger partial charge in [-0.25, -0.2) is 18.7 Å². The lowest BCUT2D eigenvalue weighted by atomic mass is 10.2. The predicted molar refractivity (Wildman–Crippen MR) is 95.7 cm³/mol. The van der Waals surface area contributed by atoms with Crippen LogP contribution in [0.25, 0.3) is 5.65 Å². The minimum atomic E-state index is -0.427. The van der Waals surface area contributed by atoms with Gasteiger partial charge in [0, 0.05) is 37.6 Å². The molecular weight excluding hydrogens is 361 g/mol. The molecule has 0 saturated heterocycles. The highest BCUT2D eigenvalue weighted by atomic mass is 35.5. The topological polar surface area (TPSA) is 71.8 Å². The molecule has 3 aromatic rings. The number of rotatable bonds is 6. The molecular formula is C17H17ClFN5O2. The fourth-order valence-electron chi connectivity index (χ4n) is 2.42. The van der Waals surface area contributed by atoms with E-state index in [2.05, 4.69) is 15.4 Å².